The highest BCUT2D eigenvalue weighted by molar-refractivity contribution is 5.68. The zero-order valence-corrected chi connectivity index (χ0v) is 19.4. The first kappa shape index (κ1) is 28.0. The van der Waals surface area contributed by atoms with E-state index in [0.717, 1.165) is 12.8 Å². The van der Waals surface area contributed by atoms with E-state index in [9.17, 15) is 9.90 Å². The van der Waals surface area contributed by atoms with Crippen LogP contribution in [0.15, 0.2) is 11.8 Å². The Bertz CT molecular complexity index is 376. The fourth-order valence-corrected chi connectivity index (χ4v) is 3.87. The van der Waals surface area contributed by atoms with Gasteiger partial charge in [0.2, 0.25) is 0 Å². The molecule has 0 fully saturated rings. The fourth-order valence-electron chi connectivity index (χ4n) is 3.87. The Morgan fingerprint density at radius 3 is 1.17 bits per heavy atom. The lowest BCUT2D eigenvalue weighted by Gasteiger charge is -2.04. The van der Waals surface area contributed by atoms with Gasteiger partial charge in [-0.3, -0.25) is 4.79 Å². The topological polar surface area (TPSA) is 57.5 Å². The number of carbonyl (C=O) groups is 1. The van der Waals surface area contributed by atoms with E-state index in [1.54, 1.807) is 0 Å². The first-order valence-corrected chi connectivity index (χ1v) is 12.8. The zero-order chi connectivity index (χ0) is 21.4. The van der Waals surface area contributed by atoms with Gasteiger partial charge in [0.25, 0.3) is 0 Å². The Hall–Kier alpha value is -0.990. The highest BCUT2D eigenvalue weighted by Gasteiger charge is 1.98. The van der Waals surface area contributed by atoms with Crippen LogP contribution in [0.4, 0.5) is 0 Å². The van der Waals surface area contributed by atoms with Crippen LogP contribution in [0.3, 0.4) is 0 Å². The molecule has 0 saturated carbocycles. The third-order valence-electron chi connectivity index (χ3n) is 5.80. The molecule has 0 aliphatic carbocycles. The number of allylic oxidation sites excluding steroid dienone is 1. The molecule has 0 atom stereocenters. The van der Waals surface area contributed by atoms with Gasteiger partial charge in [0.1, 0.15) is 0 Å². The predicted molar refractivity (Wildman–Crippen MR) is 126 cm³/mol. The molecule has 0 aromatic rings. The Kier molecular flexibility index (Phi) is 22.5. The van der Waals surface area contributed by atoms with Crippen LogP contribution in [0.25, 0.3) is 0 Å². The second kappa shape index (κ2) is 23.3. The maximum absolute atomic E-state index is 10.4. The summed E-state index contributed by atoms with van der Waals surface area (Å²) >= 11 is 0. The number of hydrogen-bond acceptors (Lipinski definition) is 2. The van der Waals surface area contributed by atoms with Gasteiger partial charge < -0.3 is 10.2 Å². The van der Waals surface area contributed by atoms with Crippen LogP contribution < -0.4 is 0 Å². The predicted octanol–water partition coefficient (Wildman–Crippen LogP) is 9.12. The molecule has 0 spiro atoms. The quantitative estimate of drug-likeness (QED) is 0.130. The SMILES string of the molecule is CCCCCCCCCCCCCCCCCCCCCCC(O)=CCC(=O)O. The Balaban J connectivity index is 3.12. The summed E-state index contributed by atoms with van der Waals surface area (Å²) in [6, 6.07) is 0. The molecule has 0 unspecified atom stereocenters. The molecule has 0 radical (unpaired) electrons. The monoisotopic (exact) mass is 410 g/mol. The number of carboxylic acids is 1. The number of aliphatic hydroxyl groups is 1. The van der Waals surface area contributed by atoms with Gasteiger partial charge in [0.15, 0.2) is 0 Å². The first-order chi connectivity index (χ1) is 14.2. The van der Waals surface area contributed by atoms with Gasteiger partial charge >= 0.3 is 5.97 Å². The molecule has 3 heteroatoms. The highest BCUT2D eigenvalue weighted by atomic mass is 16.4. The van der Waals surface area contributed by atoms with Crippen molar-refractivity contribution in [1.29, 1.82) is 0 Å². The summed E-state index contributed by atoms with van der Waals surface area (Å²) in [5.74, 6) is -0.658. The summed E-state index contributed by atoms with van der Waals surface area (Å²) in [7, 11) is 0. The number of hydrogen-bond donors (Lipinski definition) is 2. The summed E-state index contributed by atoms with van der Waals surface area (Å²) in [5, 5.41) is 18.1. The van der Waals surface area contributed by atoms with Crippen molar-refractivity contribution in [2.75, 3.05) is 0 Å². The van der Waals surface area contributed by atoms with Gasteiger partial charge in [0.05, 0.1) is 12.2 Å². The lowest BCUT2D eigenvalue weighted by Crippen LogP contribution is -1.92. The van der Waals surface area contributed by atoms with Gasteiger partial charge in [0, 0.05) is 6.42 Å². The smallest absolute Gasteiger partial charge is 0.307 e. The Labute approximate surface area is 181 Å². The van der Waals surface area contributed by atoms with Crippen LogP contribution in [-0.4, -0.2) is 16.2 Å². The first-order valence-electron chi connectivity index (χ1n) is 12.8. The van der Waals surface area contributed by atoms with E-state index in [-0.39, 0.29) is 12.2 Å². The molecule has 0 saturated heterocycles. The molecule has 0 heterocycles. The van der Waals surface area contributed by atoms with Crippen molar-refractivity contribution in [3.8, 4) is 0 Å². The normalized spacial score (nSPS) is 11.8. The molecule has 0 aromatic heterocycles. The van der Waals surface area contributed by atoms with Crippen molar-refractivity contribution in [3.63, 3.8) is 0 Å². The van der Waals surface area contributed by atoms with Crippen LogP contribution in [0.5, 0.6) is 0 Å². The van der Waals surface area contributed by atoms with Crippen molar-refractivity contribution in [2.45, 2.75) is 148 Å². The lowest BCUT2D eigenvalue weighted by atomic mass is 10.0. The average molecular weight is 411 g/mol. The molecule has 0 amide bonds. The van der Waals surface area contributed by atoms with Crippen LogP contribution >= 0.6 is 0 Å². The maximum Gasteiger partial charge on any atom is 0.307 e. The summed E-state index contributed by atoms with van der Waals surface area (Å²) in [4.78, 5) is 10.4. The molecule has 0 aromatic carbocycles. The van der Waals surface area contributed by atoms with Gasteiger partial charge in [-0.15, -0.1) is 0 Å². The van der Waals surface area contributed by atoms with Crippen molar-refractivity contribution in [3.05, 3.63) is 11.8 Å². The summed E-state index contributed by atoms with van der Waals surface area (Å²) in [6.07, 6.45) is 29.2. The van der Waals surface area contributed by atoms with Crippen LogP contribution in [-0.2, 0) is 4.79 Å². The largest absolute Gasteiger partial charge is 0.513 e. The van der Waals surface area contributed by atoms with Crippen molar-refractivity contribution < 1.29 is 15.0 Å². The summed E-state index contributed by atoms with van der Waals surface area (Å²) < 4.78 is 0. The van der Waals surface area contributed by atoms with Gasteiger partial charge in [-0.1, -0.05) is 129 Å². The minimum Gasteiger partial charge on any atom is -0.513 e. The number of unbranched alkanes of at least 4 members (excludes halogenated alkanes) is 19. The van der Waals surface area contributed by atoms with Crippen molar-refractivity contribution in [2.24, 2.45) is 0 Å². The number of aliphatic carboxylic acids is 1. The summed E-state index contributed by atoms with van der Waals surface area (Å²) in [5.41, 5.74) is 0. The molecule has 0 aliphatic rings. The van der Waals surface area contributed by atoms with E-state index >= 15 is 0 Å². The average Bonchev–Trinajstić information content (AvgIpc) is 2.70. The fraction of sp³-hybridized carbons (Fsp3) is 0.885. The van der Waals surface area contributed by atoms with E-state index in [1.165, 1.54) is 122 Å². The number of aliphatic hydroxyl groups excluding tert-OH is 1. The minimum absolute atomic E-state index is 0.0783. The van der Waals surface area contributed by atoms with Crippen molar-refractivity contribution in [1.82, 2.24) is 0 Å². The van der Waals surface area contributed by atoms with E-state index in [4.69, 9.17) is 5.11 Å². The molecule has 2 N–H and O–H groups in total. The third kappa shape index (κ3) is 25.0. The van der Waals surface area contributed by atoms with Gasteiger partial charge in [-0.25, -0.2) is 0 Å². The van der Waals surface area contributed by atoms with Crippen LogP contribution in [0.2, 0.25) is 0 Å². The van der Waals surface area contributed by atoms with Gasteiger partial charge in [-0.2, -0.15) is 0 Å². The number of rotatable bonds is 23. The van der Waals surface area contributed by atoms with Crippen LogP contribution in [0, 0.1) is 0 Å². The molecular weight excluding hydrogens is 360 g/mol. The molecule has 0 aliphatic heterocycles. The lowest BCUT2D eigenvalue weighted by molar-refractivity contribution is -0.136. The van der Waals surface area contributed by atoms with Gasteiger partial charge in [-0.05, 0) is 12.5 Å². The minimum atomic E-state index is -0.889. The van der Waals surface area contributed by atoms with Crippen LogP contribution in [0.1, 0.15) is 148 Å². The molecular formula is C26H50O3. The van der Waals surface area contributed by atoms with E-state index in [2.05, 4.69) is 6.92 Å². The standard InChI is InChI=1S/C26H50O3/c1-2-3-4-5-6-7-8-9-10-11-12-13-14-15-16-17-18-19-20-21-22-25(27)23-24-26(28)29/h23,27H,2-22,24H2,1H3,(H,28,29). The second-order valence-corrected chi connectivity index (χ2v) is 8.76. The molecule has 0 rings (SSSR count). The third-order valence-corrected chi connectivity index (χ3v) is 5.80. The Morgan fingerprint density at radius 1 is 0.552 bits per heavy atom. The van der Waals surface area contributed by atoms with E-state index in [0.29, 0.717) is 6.42 Å². The highest BCUT2D eigenvalue weighted by Crippen LogP contribution is 2.15. The van der Waals surface area contributed by atoms with E-state index < -0.39 is 5.97 Å². The zero-order valence-electron chi connectivity index (χ0n) is 19.4. The molecule has 29 heavy (non-hydrogen) atoms. The van der Waals surface area contributed by atoms with Crippen molar-refractivity contribution >= 4 is 5.97 Å². The number of carboxylic acid groups (broad SMARTS) is 1. The maximum atomic E-state index is 10.4. The second-order valence-electron chi connectivity index (χ2n) is 8.76. The van der Waals surface area contributed by atoms with E-state index in [1.807, 2.05) is 0 Å². The molecule has 3 nitrogen and oxygen atoms in total. The molecule has 0 bridgehead atoms. The Morgan fingerprint density at radius 2 is 0.862 bits per heavy atom. The summed E-state index contributed by atoms with van der Waals surface area (Å²) in [6.45, 7) is 2.28. The molecule has 172 valence electrons.